The maximum atomic E-state index is 11.4. The molecule has 0 bridgehead atoms. The number of carbonyl (C=O) groups excluding carboxylic acids is 1. The minimum Gasteiger partial charge on any atom is -0.503 e. The minimum atomic E-state index is -0.0187. The van der Waals surface area contributed by atoms with Gasteiger partial charge in [-0.1, -0.05) is 11.3 Å². The average Bonchev–Trinajstić information content (AvgIpc) is 2.85. The van der Waals surface area contributed by atoms with Gasteiger partial charge in [-0.25, -0.2) is 4.98 Å². The lowest BCUT2D eigenvalue weighted by atomic mass is 10.2. The number of methoxy groups -OCH3 is 1. The van der Waals surface area contributed by atoms with Gasteiger partial charge in [0.2, 0.25) is 5.13 Å². The van der Waals surface area contributed by atoms with Crippen molar-refractivity contribution in [3.63, 3.8) is 0 Å². The first-order chi connectivity index (χ1) is 10.4. The maximum absolute atomic E-state index is 11.4. The number of aromatic nitrogens is 1. The lowest BCUT2D eigenvalue weighted by Crippen LogP contribution is -1.92. The first-order valence-electron chi connectivity index (χ1n) is 6.27. The fraction of sp³-hybridized carbons (Fsp3) is 0.214. The Kier molecular flexibility index (Phi) is 5.15. The van der Waals surface area contributed by atoms with Crippen LogP contribution >= 0.6 is 27.3 Å². The molecule has 8 heteroatoms. The molecule has 0 spiro atoms. The zero-order valence-corrected chi connectivity index (χ0v) is 14.6. The molecular weight excluding hydrogens is 370 g/mol. The summed E-state index contributed by atoms with van der Waals surface area (Å²) in [4.78, 5) is 16.2. The topological polar surface area (TPSA) is 83.8 Å². The zero-order chi connectivity index (χ0) is 16.3. The normalized spacial score (nSPS) is 10.9. The van der Waals surface area contributed by atoms with E-state index in [-0.39, 0.29) is 11.5 Å². The van der Waals surface area contributed by atoms with Crippen LogP contribution in [0.2, 0.25) is 0 Å². The summed E-state index contributed by atoms with van der Waals surface area (Å²) in [6, 6.07) is 3.39. The lowest BCUT2D eigenvalue weighted by Gasteiger charge is -2.06. The summed E-state index contributed by atoms with van der Waals surface area (Å²) in [5, 5.41) is 14.5. The van der Waals surface area contributed by atoms with Crippen LogP contribution in [0.1, 0.15) is 27.9 Å². The van der Waals surface area contributed by atoms with Gasteiger partial charge in [-0.2, -0.15) is 5.10 Å². The standard InChI is InChI=1S/C14H14BrN3O3S/c1-7-13(8(2)19)22-14(17-7)18-16-6-9-4-5-10(21-3)12(20)11(9)15/h4-6,20H,1-3H3,(H,17,18)/b16-6-. The molecule has 6 nitrogen and oxygen atoms in total. The molecule has 2 rings (SSSR count). The molecule has 0 radical (unpaired) electrons. The van der Waals surface area contributed by atoms with E-state index in [4.69, 9.17) is 4.74 Å². The number of Topliss-reactive ketones (excluding diaryl/α,β-unsaturated/α-hetero) is 1. The number of carbonyl (C=O) groups is 1. The van der Waals surface area contributed by atoms with Crippen LogP contribution in [0.15, 0.2) is 21.7 Å². The molecule has 0 aliphatic carbocycles. The van der Waals surface area contributed by atoms with Crippen LogP contribution in [0.25, 0.3) is 0 Å². The Balaban J connectivity index is 2.15. The van der Waals surface area contributed by atoms with Gasteiger partial charge < -0.3 is 9.84 Å². The van der Waals surface area contributed by atoms with E-state index < -0.39 is 0 Å². The third-order valence-electron chi connectivity index (χ3n) is 2.81. The number of ketones is 1. The second-order valence-corrected chi connectivity index (χ2v) is 6.17. The summed E-state index contributed by atoms with van der Waals surface area (Å²) >= 11 is 4.54. The predicted molar refractivity (Wildman–Crippen MR) is 90.4 cm³/mol. The quantitative estimate of drug-likeness (QED) is 0.468. The average molecular weight is 384 g/mol. The van der Waals surface area contributed by atoms with Gasteiger partial charge in [-0.05, 0) is 35.0 Å². The number of nitrogens with zero attached hydrogens (tertiary/aromatic N) is 2. The van der Waals surface area contributed by atoms with E-state index in [1.807, 2.05) is 0 Å². The Morgan fingerprint density at radius 1 is 1.55 bits per heavy atom. The van der Waals surface area contributed by atoms with Crippen LogP contribution in [0.3, 0.4) is 0 Å². The van der Waals surface area contributed by atoms with Gasteiger partial charge in [0, 0.05) is 12.5 Å². The molecule has 1 aromatic heterocycles. The molecule has 2 N–H and O–H groups in total. The number of phenols is 1. The summed E-state index contributed by atoms with van der Waals surface area (Å²) in [5.41, 5.74) is 4.13. The summed E-state index contributed by atoms with van der Waals surface area (Å²) in [7, 11) is 1.48. The van der Waals surface area contributed by atoms with E-state index in [1.54, 1.807) is 19.1 Å². The number of nitrogens with one attached hydrogen (secondary N) is 1. The summed E-state index contributed by atoms with van der Waals surface area (Å²) < 4.78 is 5.50. The monoisotopic (exact) mass is 383 g/mol. The highest BCUT2D eigenvalue weighted by Crippen LogP contribution is 2.35. The number of halogens is 1. The van der Waals surface area contributed by atoms with Crippen molar-refractivity contribution in [2.45, 2.75) is 13.8 Å². The molecule has 0 unspecified atom stereocenters. The molecule has 2 aromatic rings. The molecule has 0 aliphatic rings. The Hall–Kier alpha value is -1.93. The van der Waals surface area contributed by atoms with E-state index in [0.29, 0.717) is 31.5 Å². The highest BCUT2D eigenvalue weighted by molar-refractivity contribution is 9.10. The van der Waals surface area contributed by atoms with E-state index in [1.165, 1.54) is 31.6 Å². The Morgan fingerprint density at radius 3 is 2.86 bits per heavy atom. The van der Waals surface area contributed by atoms with Crippen molar-refractivity contribution in [1.29, 1.82) is 0 Å². The number of hydrazone groups is 1. The fourth-order valence-electron chi connectivity index (χ4n) is 1.75. The molecule has 22 heavy (non-hydrogen) atoms. The molecule has 1 heterocycles. The van der Waals surface area contributed by atoms with Gasteiger partial charge in [0.1, 0.15) is 0 Å². The van der Waals surface area contributed by atoms with E-state index in [2.05, 4.69) is 31.4 Å². The Bertz CT molecular complexity index is 743. The molecule has 0 atom stereocenters. The number of phenolic OH excluding ortho intramolecular Hbond substituents is 1. The number of anilines is 1. The first-order valence-corrected chi connectivity index (χ1v) is 7.88. The smallest absolute Gasteiger partial charge is 0.204 e. The molecule has 116 valence electrons. The molecule has 0 saturated heterocycles. The third-order valence-corrected chi connectivity index (χ3v) is 4.81. The van der Waals surface area contributed by atoms with Crippen molar-refractivity contribution in [2.24, 2.45) is 5.10 Å². The van der Waals surface area contributed by atoms with E-state index in [0.717, 1.165) is 0 Å². The summed E-state index contributed by atoms with van der Waals surface area (Å²) in [5.74, 6) is 0.365. The van der Waals surface area contributed by atoms with Crippen LogP contribution in [0.5, 0.6) is 11.5 Å². The van der Waals surface area contributed by atoms with Gasteiger partial charge in [0.05, 0.1) is 28.4 Å². The van der Waals surface area contributed by atoms with Crippen molar-refractivity contribution in [1.82, 2.24) is 4.98 Å². The van der Waals surface area contributed by atoms with Gasteiger partial charge >= 0.3 is 0 Å². The molecule has 0 amide bonds. The Labute approximate surface area is 140 Å². The SMILES string of the molecule is COc1ccc(/C=N\Nc2nc(C)c(C(C)=O)s2)c(Br)c1O. The van der Waals surface area contributed by atoms with Gasteiger partial charge in [0.15, 0.2) is 17.3 Å². The predicted octanol–water partition coefficient (Wildman–Crippen LogP) is 3.58. The number of hydrogen-bond acceptors (Lipinski definition) is 7. The number of hydrogen-bond donors (Lipinski definition) is 2. The second-order valence-electron chi connectivity index (χ2n) is 4.38. The summed E-state index contributed by atoms with van der Waals surface area (Å²) in [6.07, 6.45) is 1.54. The molecule has 1 aromatic carbocycles. The minimum absolute atomic E-state index is 0.00964. The van der Waals surface area contributed by atoms with Crippen molar-refractivity contribution in [2.75, 3.05) is 12.5 Å². The number of thiazole rings is 1. The zero-order valence-electron chi connectivity index (χ0n) is 12.2. The number of aryl methyl sites for hydroxylation is 1. The van der Waals surface area contributed by atoms with Crippen molar-refractivity contribution in [3.8, 4) is 11.5 Å². The molecule has 0 saturated carbocycles. The molecule has 0 aliphatic heterocycles. The highest BCUT2D eigenvalue weighted by Gasteiger charge is 2.11. The van der Waals surface area contributed by atoms with Crippen LogP contribution in [0, 0.1) is 6.92 Å². The molecular formula is C14H14BrN3O3S. The van der Waals surface area contributed by atoms with Gasteiger partial charge in [-0.3, -0.25) is 10.2 Å². The van der Waals surface area contributed by atoms with Gasteiger partial charge in [0.25, 0.3) is 0 Å². The maximum Gasteiger partial charge on any atom is 0.204 e. The largest absolute Gasteiger partial charge is 0.503 e. The Morgan fingerprint density at radius 2 is 2.27 bits per heavy atom. The summed E-state index contributed by atoms with van der Waals surface area (Å²) in [6.45, 7) is 3.28. The number of aromatic hydroxyl groups is 1. The number of ether oxygens (including phenoxy) is 1. The van der Waals surface area contributed by atoms with E-state index >= 15 is 0 Å². The number of rotatable bonds is 5. The van der Waals surface area contributed by atoms with E-state index in [9.17, 15) is 9.90 Å². The van der Waals surface area contributed by atoms with Crippen LogP contribution in [-0.2, 0) is 0 Å². The van der Waals surface area contributed by atoms with Crippen LogP contribution < -0.4 is 10.2 Å². The van der Waals surface area contributed by atoms with Crippen LogP contribution in [0.4, 0.5) is 5.13 Å². The fourth-order valence-corrected chi connectivity index (χ4v) is 3.00. The third kappa shape index (κ3) is 3.45. The highest BCUT2D eigenvalue weighted by atomic mass is 79.9. The van der Waals surface area contributed by atoms with Crippen molar-refractivity contribution in [3.05, 3.63) is 32.7 Å². The number of benzene rings is 1. The van der Waals surface area contributed by atoms with Crippen molar-refractivity contribution >= 4 is 44.4 Å². The van der Waals surface area contributed by atoms with Crippen LogP contribution in [-0.4, -0.2) is 29.2 Å². The van der Waals surface area contributed by atoms with Gasteiger partial charge in [-0.15, -0.1) is 0 Å². The lowest BCUT2D eigenvalue weighted by molar-refractivity contribution is 0.102. The molecule has 0 fully saturated rings. The first kappa shape index (κ1) is 16.4. The van der Waals surface area contributed by atoms with Crippen molar-refractivity contribution < 1.29 is 14.6 Å². The second kappa shape index (κ2) is 6.89.